The highest BCUT2D eigenvalue weighted by molar-refractivity contribution is 7.18. The Labute approximate surface area is 221 Å². The number of fused-ring (bicyclic) bond motifs is 1. The first-order chi connectivity index (χ1) is 18.1. The van der Waals surface area contributed by atoms with Crippen molar-refractivity contribution in [2.24, 2.45) is 0 Å². The normalized spacial score (nSPS) is 20.3. The minimum atomic E-state index is 0.0104. The van der Waals surface area contributed by atoms with Crippen LogP contribution in [0.25, 0.3) is 22.4 Å². The molecule has 1 aromatic carbocycles. The highest BCUT2D eigenvalue weighted by Crippen LogP contribution is 2.32. The second kappa shape index (κ2) is 10.6. The summed E-state index contributed by atoms with van der Waals surface area (Å²) in [5.74, 6) is 0.925. The van der Waals surface area contributed by atoms with Crippen LogP contribution in [0.1, 0.15) is 59.2 Å². The van der Waals surface area contributed by atoms with Gasteiger partial charge in [0.15, 0.2) is 0 Å². The summed E-state index contributed by atoms with van der Waals surface area (Å²) in [6.07, 6.45) is 13.6. The Hall–Kier alpha value is -3.23. The minimum absolute atomic E-state index is 0.0104. The number of hydrogen-bond donors (Lipinski definition) is 2. The van der Waals surface area contributed by atoms with E-state index < -0.39 is 0 Å². The van der Waals surface area contributed by atoms with Crippen molar-refractivity contribution < 1.29 is 9.53 Å². The summed E-state index contributed by atoms with van der Waals surface area (Å²) in [4.78, 5) is 24.2. The molecular weight excluding hydrogens is 482 g/mol. The fourth-order valence-corrected chi connectivity index (χ4v) is 5.95. The molecule has 2 fully saturated rings. The summed E-state index contributed by atoms with van der Waals surface area (Å²) >= 11 is 1.67. The van der Waals surface area contributed by atoms with Crippen molar-refractivity contribution in [1.29, 1.82) is 0 Å². The Kier molecular flexibility index (Phi) is 6.93. The van der Waals surface area contributed by atoms with Gasteiger partial charge in [0.25, 0.3) is 5.91 Å². The number of carbonyl (C=O) groups excluding carboxylic acids is 1. The molecule has 0 radical (unpaired) electrons. The number of hydrogen-bond acceptors (Lipinski definition) is 7. The molecule has 37 heavy (non-hydrogen) atoms. The Balaban J connectivity index is 1.16. The molecule has 1 saturated carbocycles. The minimum Gasteiger partial charge on any atom is -0.378 e. The lowest BCUT2D eigenvalue weighted by Crippen LogP contribution is -2.37. The maximum Gasteiger partial charge on any atom is 0.251 e. The Morgan fingerprint density at radius 2 is 1.95 bits per heavy atom. The van der Waals surface area contributed by atoms with E-state index in [4.69, 9.17) is 4.74 Å². The van der Waals surface area contributed by atoms with Crippen LogP contribution in [0.2, 0.25) is 0 Å². The smallest absolute Gasteiger partial charge is 0.251 e. The molecule has 1 amide bonds. The topological polar surface area (TPSA) is 79.4 Å². The number of morpholine rings is 1. The quantitative estimate of drug-likeness (QED) is 0.448. The van der Waals surface area contributed by atoms with E-state index in [-0.39, 0.29) is 5.91 Å². The van der Waals surface area contributed by atoms with Crippen molar-refractivity contribution >= 4 is 45.4 Å². The zero-order chi connectivity index (χ0) is 25.2. The number of ether oxygens (including phenoxy) is 1. The number of carbonyl (C=O) groups is 1. The Morgan fingerprint density at radius 3 is 2.73 bits per heavy atom. The number of nitrogens with one attached hydrogen (secondary N) is 2. The zero-order valence-electron chi connectivity index (χ0n) is 21.2. The molecule has 3 heterocycles. The molecule has 192 valence electrons. The lowest BCUT2D eigenvalue weighted by Gasteiger charge is -2.34. The van der Waals surface area contributed by atoms with Crippen molar-refractivity contribution in [3.63, 3.8) is 0 Å². The van der Waals surface area contributed by atoms with Gasteiger partial charge in [-0.15, -0.1) is 11.3 Å². The van der Waals surface area contributed by atoms with Crippen LogP contribution in [-0.2, 0) is 4.74 Å². The van der Waals surface area contributed by atoms with Crippen LogP contribution in [0.3, 0.4) is 0 Å². The third-order valence-corrected chi connectivity index (χ3v) is 8.42. The molecule has 3 aromatic rings. The first-order valence-electron chi connectivity index (χ1n) is 13.2. The number of thiophene rings is 1. The SMILES string of the molecule is Cc1ccc(C(=O)NC2CC2)cc1/C=C/c1csc2c(NC3CC=C(N4CCOCC4)CC3)ncnc12. The molecule has 2 aromatic heterocycles. The number of aromatic nitrogens is 2. The highest BCUT2D eigenvalue weighted by atomic mass is 32.1. The predicted octanol–water partition coefficient (Wildman–Crippen LogP) is 5.24. The molecule has 1 unspecified atom stereocenters. The predicted molar refractivity (Wildman–Crippen MR) is 150 cm³/mol. The lowest BCUT2D eigenvalue weighted by atomic mass is 9.98. The van der Waals surface area contributed by atoms with E-state index >= 15 is 0 Å². The van der Waals surface area contributed by atoms with Gasteiger partial charge in [0.2, 0.25) is 0 Å². The largest absolute Gasteiger partial charge is 0.378 e. The van der Waals surface area contributed by atoms with E-state index in [9.17, 15) is 4.79 Å². The van der Waals surface area contributed by atoms with Crippen LogP contribution < -0.4 is 10.6 Å². The van der Waals surface area contributed by atoms with E-state index in [2.05, 4.69) is 56.0 Å². The third-order valence-electron chi connectivity index (χ3n) is 7.42. The lowest BCUT2D eigenvalue weighted by molar-refractivity contribution is 0.0511. The fourth-order valence-electron chi connectivity index (χ4n) is 5.01. The first kappa shape index (κ1) is 24.1. The van der Waals surface area contributed by atoms with Crippen molar-refractivity contribution in [3.05, 3.63) is 63.9 Å². The molecule has 1 saturated heterocycles. The van der Waals surface area contributed by atoms with Gasteiger partial charge in [-0.05, 0) is 62.3 Å². The molecule has 1 aliphatic heterocycles. The second-order valence-electron chi connectivity index (χ2n) is 10.2. The average molecular weight is 516 g/mol. The van der Waals surface area contributed by atoms with Crippen LogP contribution in [0, 0.1) is 6.92 Å². The third kappa shape index (κ3) is 5.55. The second-order valence-corrected chi connectivity index (χ2v) is 11.0. The summed E-state index contributed by atoms with van der Waals surface area (Å²) in [7, 11) is 0. The van der Waals surface area contributed by atoms with Crippen LogP contribution in [0.5, 0.6) is 0 Å². The van der Waals surface area contributed by atoms with E-state index in [0.717, 1.165) is 91.1 Å². The molecule has 6 rings (SSSR count). The van der Waals surface area contributed by atoms with Crippen LogP contribution in [0.15, 0.2) is 41.7 Å². The number of amides is 1. The summed E-state index contributed by atoms with van der Waals surface area (Å²) < 4.78 is 6.58. The van der Waals surface area contributed by atoms with Gasteiger partial charge in [0.05, 0.1) is 23.4 Å². The van der Waals surface area contributed by atoms with Gasteiger partial charge in [-0.25, -0.2) is 9.97 Å². The van der Waals surface area contributed by atoms with Crippen molar-refractivity contribution in [1.82, 2.24) is 20.2 Å². The van der Waals surface area contributed by atoms with Crippen molar-refractivity contribution in [3.8, 4) is 0 Å². The first-order valence-corrected chi connectivity index (χ1v) is 14.1. The molecule has 3 aliphatic rings. The van der Waals surface area contributed by atoms with Crippen molar-refractivity contribution in [2.45, 2.75) is 51.1 Å². The van der Waals surface area contributed by atoms with E-state index in [1.807, 2.05) is 18.2 Å². The molecule has 2 aliphatic carbocycles. The zero-order valence-corrected chi connectivity index (χ0v) is 22.0. The number of aryl methyl sites for hydroxylation is 1. The molecule has 0 bridgehead atoms. The maximum absolute atomic E-state index is 12.5. The number of nitrogens with zero attached hydrogens (tertiary/aromatic N) is 3. The van der Waals surface area contributed by atoms with Gasteiger partial charge in [-0.2, -0.15) is 0 Å². The van der Waals surface area contributed by atoms with Gasteiger partial charge < -0.3 is 20.3 Å². The van der Waals surface area contributed by atoms with Crippen LogP contribution in [0.4, 0.5) is 5.82 Å². The summed E-state index contributed by atoms with van der Waals surface area (Å²) in [5, 5.41) is 8.90. The molecule has 8 heteroatoms. The number of rotatable bonds is 7. The van der Waals surface area contributed by atoms with Gasteiger partial charge in [0.1, 0.15) is 12.1 Å². The summed E-state index contributed by atoms with van der Waals surface area (Å²) in [6, 6.07) is 6.61. The number of benzene rings is 1. The number of allylic oxidation sites excluding steroid dienone is 1. The molecule has 2 N–H and O–H groups in total. The van der Waals surface area contributed by atoms with E-state index in [0.29, 0.717) is 17.6 Å². The monoisotopic (exact) mass is 515 g/mol. The van der Waals surface area contributed by atoms with Crippen LogP contribution >= 0.6 is 11.3 Å². The summed E-state index contributed by atoms with van der Waals surface area (Å²) in [5.41, 5.74) is 6.37. The molecule has 7 nitrogen and oxygen atoms in total. The molecule has 1 atom stereocenters. The highest BCUT2D eigenvalue weighted by Gasteiger charge is 2.24. The molecular formula is C29H33N5O2S. The average Bonchev–Trinajstić information content (AvgIpc) is 3.65. The van der Waals surface area contributed by atoms with E-state index in [1.165, 1.54) is 5.70 Å². The standard InChI is InChI=1S/C29H33N5O2S/c1-19-2-3-21(29(35)33-24-6-7-24)16-20(19)4-5-22-17-37-27-26(22)30-18-31-28(27)32-23-8-10-25(11-9-23)34-12-14-36-15-13-34/h2-5,10,16-18,23-24H,6-9,11-15H2,1H3,(H,33,35)(H,30,31,32)/b5-4+. The van der Waals surface area contributed by atoms with Gasteiger partial charge in [-0.3, -0.25) is 4.79 Å². The van der Waals surface area contributed by atoms with Crippen molar-refractivity contribution in [2.75, 3.05) is 31.6 Å². The maximum atomic E-state index is 12.5. The molecule has 0 spiro atoms. The van der Waals surface area contributed by atoms with Gasteiger partial charge in [-0.1, -0.05) is 24.3 Å². The van der Waals surface area contributed by atoms with E-state index in [1.54, 1.807) is 17.7 Å². The Bertz CT molecular complexity index is 1350. The Morgan fingerprint density at radius 1 is 1.11 bits per heavy atom. The fraction of sp³-hybridized carbons (Fsp3) is 0.414. The van der Waals surface area contributed by atoms with Crippen LogP contribution in [-0.4, -0.2) is 59.2 Å². The van der Waals surface area contributed by atoms with Gasteiger partial charge in [0, 0.05) is 47.4 Å². The number of anilines is 1. The van der Waals surface area contributed by atoms with Gasteiger partial charge >= 0.3 is 0 Å². The summed E-state index contributed by atoms with van der Waals surface area (Å²) in [6.45, 7) is 5.72.